The van der Waals surface area contributed by atoms with Gasteiger partial charge in [-0.25, -0.2) is 8.42 Å². The maximum atomic E-state index is 12.2. The van der Waals surface area contributed by atoms with Crippen molar-refractivity contribution >= 4 is 39.8 Å². The van der Waals surface area contributed by atoms with Crippen molar-refractivity contribution in [2.24, 2.45) is 4.99 Å². The second-order valence-electron chi connectivity index (χ2n) is 6.25. The number of aliphatic imine (C=N–C) groups is 1. The molecule has 2 aromatic carbocycles. The molecular weight excluding hydrogens is 473 g/mol. The second kappa shape index (κ2) is 12.0. The van der Waals surface area contributed by atoms with Crippen LogP contribution in [0.5, 0.6) is 0 Å². The molecule has 0 aliphatic carbocycles. The van der Waals surface area contributed by atoms with Gasteiger partial charge in [0.05, 0.1) is 11.5 Å². The lowest BCUT2D eigenvalue weighted by Crippen LogP contribution is -2.39. The number of hydrogen-bond donors (Lipinski definition) is 1. The van der Waals surface area contributed by atoms with Gasteiger partial charge in [-0.1, -0.05) is 60.7 Å². The van der Waals surface area contributed by atoms with Crippen molar-refractivity contribution in [2.45, 2.75) is 18.7 Å². The van der Waals surface area contributed by atoms with Crippen LogP contribution in [0.25, 0.3) is 0 Å². The van der Waals surface area contributed by atoms with Crippen LogP contribution < -0.4 is 5.32 Å². The van der Waals surface area contributed by atoms with Crippen molar-refractivity contribution in [3.63, 3.8) is 0 Å². The van der Waals surface area contributed by atoms with E-state index >= 15 is 0 Å². The van der Waals surface area contributed by atoms with Crippen LogP contribution in [0.4, 0.5) is 0 Å². The molecule has 0 aromatic heterocycles. The van der Waals surface area contributed by atoms with E-state index in [4.69, 9.17) is 0 Å². The molecule has 0 spiro atoms. The minimum atomic E-state index is -3.10. The smallest absolute Gasteiger partial charge is 0.193 e. The highest BCUT2D eigenvalue weighted by molar-refractivity contribution is 14.0. The summed E-state index contributed by atoms with van der Waals surface area (Å²) < 4.78 is 24.4. The fourth-order valence-corrected chi connectivity index (χ4v) is 4.14. The Labute approximate surface area is 179 Å². The van der Waals surface area contributed by atoms with Crippen LogP contribution in [-0.4, -0.2) is 45.7 Å². The predicted molar refractivity (Wildman–Crippen MR) is 123 cm³/mol. The lowest BCUT2D eigenvalue weighted by molar-refractivity contribution is 0.476. The van der Waals surface area contributed by atoms with Gasteiger partial charge in [-0.15, -0.1) is 24.0 Å². The molecule has 148 valence electrons. The average molecular weight is 501 g/mol. The molecule has 0 radical (unpaired) electrons. The minimum Gasteiger partial charge on any atom is -0.356 e. The predicted octanol–water partition coefficient (Wildman–Crippen LogP) is 3.32. The largest absolute Gasteiger partial charge is 0.356 e. The van der Waals surface area contributed by atoms with E-state index in [1.54, 1.807) is 7.05 Å². The Bertz CT molecular complexity index is 796. The molecule has 0 amide bonds. The molecule has 0 unspecified atom stereocenters. The summed E-state index contributed by atoms with van der Waals surface area (Å²) in [5, 5.41) is 3.24. The zero-order valence-electron chi connectivity index (χ0n) is 15.8. The quantitative estimate of drug-likeness (QED) is 0.261. The first-order valence-electron chi connectivity index (χ1n) is 8.70. The highest BCUT2D eigenvalue weighted by Crippen LogP contribution is 2.07. The summed E-state index contributed by atoms with van der Waals surface area (Å²) in [6.07, 6.45) is 0.549. The summed E-state index contributed by atoms with van der Waals surface area (Å²) in [4.78, 5) is 6.29. The zero-order chi connectivity index (χ0) is 18.8. The average Bonchev–Trinajstić information content (AvgIpc) is 2.63. The van der Waals surface area contributed by atoms with E-state index in [1.807, 2.05) is 60.5 Å². The van der Waals surface area contributed by atoms with Crippen LogP contribution in [0, 0.1) is 0 Å². The van der Waals surface area contributed by atoms with E-state index in [2.05, 4.69) is 22.4 Å². The highest BCUT2D eigenvalue weighted by atomic mass is 127. The maximum absolute atomic E-state index is 12.2. The molecule has 2 rings (SSSR count). The van der Waals surface area contributed by atoms with E-state index in [1.165, 1.54) is 5.56 Å². The summed E-state index contributed by atoms with van der Waals surface area (Å²) in [5.74, 6) is 1.01. The maximum Gasteiger partial charge on any atom is 0.193 e. The highest BCUT2D eigenvalue weighted by Gasteiger charge is 2.12. The van der Waals surface area contributed by atoms with Gasteiger partial charge < -0.3 is 10.2 Å². The lowest BCUT2D eigenvalue weighted by Gasteiger charge is -2.22. The van der Waals surface area contributed by atoms with E-state index in [0.29, 0.717) is 13.0 Å². The second-order valence-corrected chi connectivity index (χ2v) is 8.43. The lowest BCUT2D eigenvalue weighted by atomic mass is 10.2. The Hall–Kier alpha value is -1.61. The van der Waals surface area contributed by atoms with Gasteiger partial charge in [0.2, 0.25) is 0 Å². The first-order valence-corrected chi connectivity index (χ1v) is 10.5. The van der Waals surface area contributed by atoms with Crippen molar-refractivity contribution in [1.29, 1.82) is 0 Å². The normalized spacial score (nSPS) is 11.6. The summed E-state index contributed by atoms with van der Waals surface area (Å²) in [5.41, 5.74) is 2.03. The minimum absolute atomic E-state index is 0. The molecule has 5 nitrogen and oxygen atoms in total. The zero-order valence-corrected chi connectivity index (χ0v) is 19.0. The van der Waals surface area contributed by atoms with Crippen LogP contribution in [0.1, 0.15) is 17.5 Å². The summed E-state index contributed by atoms with van der Waals surface area (Å²) in [6, 6.07) is 19.4. The monoisotopic (exact) mass is 501 g/mol. The van der Waals surface area contributed by atoms with E-state index in [0.717, 1.165) is 18.1 Å². The van der Waals surface area contributed by atoms with E-state index < -0.39 is 9.84 Å². The number of halogens is 1. The van der Waals surface area contributed by atoms with Crippen molar-refractivity contribution in [2.75, 3.05) is 26.4 Å². The molecule has 0 fully saturated rings. The Morgan fingerprint density at radius 1 is 1.00 bits per heavy atom. The molecular formula is C20H28IN3O2S. The number of nitrogens with zero attached hydrogens (tertiary/aromatic N) is 2. The topological polar surface area (TPSA) is 61.8 Å². The Balaban J connectivity index is 0.00000364. The third kappa shape index (κ3) is 8.75. The molecule has 0 saturated carbocycles. The molecule has 0 atom stereocenters. The van der Waals surface area contributed by atoms with Crippen molar-refractivity contribution in [3.8, 4) is 0 Å². The number of sulfone groups is 1. The van der Waals surface area contributed by atoms with Crippen LogP contribution >= 0.6 is 24.0 Å². The molecule has 0 heterocycles. The third-order valence-electron chi connectivity index (χ3n) is 3.98. The first-order chi connectivity index (χ1) is 12.5. The summed E-state index contributed by atoms with van der Waals surface area (Å²) >= 11 is 0. The molecule has 0 aliphatic rings. The number of hydrogen-bond acceptors (Lipinski definition) is 3. The Morgan fingerprint density at radius 3 is 2.11 bits per heavy atom. The molecule has 7 heteroatoms. The summed E-state index contributed by atoms with van der Waals surface area (Å²) in [7, 11) is 0.597. The Kier molecular flexibility index (Phi) is 10.4. The third-order valence-corrected chi connectivity index (χ3v) is 5.66. The molecule has 0 aliphatic heterocycles. The van der Waals surface area contributed by atoms with Gasteiger partial charge in [-0.2, -0.15) is 0 Å². The van der Waals surface area contributed by atoms with Crippen LogP contribution in [0.15, 0.2) is 65.7 Å². The fraction of sp³-hybridized carbons (Fsp3) is 0.350. The van der Waals surface area contributed by atoms with Gasteiger partial charge in [0.15, 0.2) is 15.8 Å². The number of benzene rings is 2. The SMILES string of the molecule is CN=C(NCCCS(=O)(=O)Cc1ccccc1)N(C)Cc1ccccc1.I. The van der Waals surface area contributed by atoms with Gasteiger partial charge in [0, 0.05) is 27.2 Å². The Morgan fingerprint density at radius 2 is 1.56 bits per heavy atom. The molecule has 2 aromatic rings. The van der Waals surface area contributed by atoms with Gasteiger partial charge in [0.1, 0.15) is 0 Å². The van der Waals surface area contributed by atoms with Gasteiger partial charge in [-0.05, 0) is 17.5 Å². The van der Waals surface area contributed by atoms with Gasteiger partial charge in [-0.3, -0.25) is 4.99 Å². The van der Waals surface area contributed by atoms with E-state index in [-0.39, 0.29) is 35.5 Å². The van der Waals surface area contributed by atoms with E-state index in [9.17, 15) is 8.42 Å². The molecule has 0 saturated heterocycles. The number of nitrogens with one attached hydrogen (secondary N) is 1. The van der Waals surface area contributed by atoms with Gasteiger partial charge >= 0.3 is 0 Å². The first kappa shape index (κ1) is 23.4. The summed E-state index contributed by atoms with van der Waals surface area (Å²) in [6.45, 7) is 1.31. The van der Waals surface area contributed by atoms with Gasteiger partial charge in [0.25, 0.3) is 0 Å². The van der Waals surface area contributed by atoms with Crippen LogP contribution in [0.3, 0.4) is 0 Å². The number of rotatable bonds is 8. The van der Waals surface area contributed by atoms with Crippen molar-refractivity contribution in [1.82, 2.24) is 10.2 Å². The van der Waals surface area contributed by atoms with Crippen LogP contribution in [-0.2, 0) is 22.1 Å². The van der Waals surface area contributed by atoms with Crippen molar-refractivity contribution in [3.05, 3.63) is 71.8 Å². The molecule has 0 bridgehead atoms. The molecule has 1 N–H and O–H groups in total. The number of guanidine groups is 1. The van der Waals surface area contributed by atoms with Crippen LogP contribution in [0.2, 0.25) is 0 Å². The fourth-order valence-electron chi connectivity index (χ4n) is 2.71. The molecule has 27 heavy (non-hydrogen) atoms. The standard InChI is InChI=1S/C20H27N3O2S.HI/c1-21-20(23(2)16-18-10-5-3-6-11-18)22-14-9-15-26(24,25)17-19-12-7-4-8-13-19;/h3-8,10-13H,9,14-17H2,1-2H3,(H,21,22);1H. The van der Waals surface area contributed by atoms with Crippen molar-refractivity contribution < 1.29 is 8.42 Å².